The zero-order valence-electron chi connectivity index (χ0n) is 21.5. The van der Waals surface area contributed by atoms with E-state index in [9.17, 15) is 18.0 Å². The number of hydrogen-bond acceptors (Lipinski definition) is 5. The predicted molar refractivity (Wildman–Crippen MR) is 144 cm³/mol. The van der Waals surface area contributed by atoms with Crippen LogP contribution in [0.15, 0.2) is 48.5 Å². The number of hydrogen-bond donors (Lipinski definition) is 1. The Labute approximate surface area is 219 Å². The van der Waals surface area contributed by atoms with Gasteiger partial charge in [0, 0.05) is 30.6 Å². The first-order valence-electron chi connectivity index (χ1n) is 11.9. The highest BCUT2D eigenvalue weighted by Crippen LogP contribution is 2.22. The molecular formula is C26H36ClN3O5S. The molecule has 8 nitrogen and oxygen atoms in total. The molecule has 2 amide bonds. The zero-order valence-corrected chi connectivity index (χ0v) is 23.1. The van der Waals surface area contributed by atoms with Gasteiger partial charge < -0.3 is 15.0 Å². The first kappa shape index (κ1) is 29.5. The van der Waals surface area contributed by atoms with E-state index < -0.39 is 16.1 Å². The molecule has 0 aromatic heterocycles. The van der Waals surface area contributed by atoms with Gasteiger partial charge in [0.1, 0.15) is 11.8 Å². The number of benzene rings is 2. The third kappa shape index (κ3) is 8.71. The summed E-state index contributed by atoms with van der Waals surface area (Å²) in [6, 6.07) is 13.1. The molecule has 36 heavy (non-hydrogen) atoms. The lowest BCUT2D eigenvalue weighted by Gasteiger charge is -2.30. The number of carbonyl (C=O) groups excluding carboxylic acids is 2. The lowest BCUT2D eigenvalue weighted by molar-refractivity contribution is -0.140. The lowest BCUT2D eigenvalue weighted by Crippen LogP contribution is -2.49. The van der Waals surface area contributed by atoms with E-state index >= 15 is 0 Å². The Morgan fingerprint density at radius 2 is 1.67 bits per heavy atom. The maximum Gasteiger partial charge on any atom is 0.242 e. The van der Waals surface area contributed by atoms with Crippen molar-refractivity contribution in [3.05, 3.63) is 59.1 Å². The Morgan fingerprint density at radius 1 is 1.06 bits per heavy atom. The van der Waals surface area contributed by atoms with Gasteiger partial charge in [0.05, 0.1) is 19.1 Å². The lowest BCUT2D eigenvalue weighted by atomic mass is 10.1. The van der Waals surface area contributed by atoms with Crippen LogP contribution in [-0.2, 0) is 26.2 Å². The molecular weight excluding hydrogens is 502 g/mol. The predicted octanol–water partition coefficient (Wildman–Crippen LogP) is 4.23. The maximum atomic E-state index is 13.3. The van der Waals surface area contributed by atoms with E-state index in [-0.39, 0.29) is 43.8 Å². The molecule has 2 rings (SSSR count). The highest BCUT2D eigenvalue weighted by atomic mass is 35.5. The molecule has 2 atom stereocenters. The SMILES string of the molecule is CC[C@@H](C)NC(=O)[C@H](C)N(Cc1ccc(Cl)cc1)C(=O)CCCN(c1ccc(OC)cc1)S(C)(=O)=O. The molecule has 0 radical (unpaired) electrons. The van der Waals surface area contributed by atoms with Crippen molar-refractivity contribution >= 4 is 39.1 Å². The van der Waals surface area contributed by atoms with Crippen molar-refractivity contribution in [1.29, 1.82) is 0 Å². The molecule has 198 valence electrons. The van der Waals surface area contributed by atoms with Crippen molar-refractivity contribution in [1.82, 2.24) is 10.2 Å². The van der Waals surface area contributed by atoms with Gasteiger partial charge in [-0.2, -0.15) is 0 Å². The summed E-state index contributed by atoms with van der Waals surface area (Å²) in [4.78, 5) is 27.7. The third-order valence-electron chi connectivity index (χ3n) is 5.95. The van der Waals surface area contributed by atoms with Crippen molar-refractivity contribution in [2.75, 3.05) is 24.2 Å². The number of nitrogens with zero attached hydrogens (tertiary/aromatic N) is 2. The van der Waals surface area contributed by atoms with Crippen LogP contribution >= 0.6 is 11.6 Å². The van der Waals surface area contributed by atoms with Gasteiger partial charge in [-0.15, -0.1) is 0 Å². The summed E-state index contributed by atoms with van der Waals surface area (Å²) in [6.45, 7) is 5.95. The van der Waals surface area contributed by atoms with Crippen LogP contribution in [-0.4, -0.2) is 57.1 Å². The fraction of sp³-hybridized carbons (Fsp3) is 0.462. The Bertz CT molecular complexity index is 1110. The summed E-state index contributed by atoms with van der Waals surface area (Å²) in [7, 11) is -2.03. The first-order valence-corrected chi connectivity index (χ1v) is 14.1. The largest absolute Gasteiger partial charge is 0.497 e. The number of halogens is 1. The van der Waals surface area contributed by atoms with Gasteiger partial charge in [0.25, 0.3) is 0 Å². The molecule has 2 aromatic carbocycles. The van der Waals surface area contributed by atoms with Crippen molar-refractivity contribution < 1.29 is 22.7 Å². The molecule has 0 unspecified atom stereocenters. The second kappa shape index (κ2) is 13.5. The molecule has 0 fully saturated rings. The number of ether oxygens (including phenoxy) is 1. The van der Waals surface area contributed by atoms with Crippen LogP contribution in [0, 0.1) is 0 Å². The number of carbonyl (C=O) groups is 2. The minimum absolute atomic E-state index is 0.0137. The van der Waals surface area contributed by atoms with E-state index in [1.54, 1.807) is 43.3 Å². The number of sulfonamides is 1. The fourth-order valence-electron chi connectivity index (χ4n) is 3.59. The van der Waals surface area contributed by atoms with E-state index in [1.165, 1.54) is 16.3 Å². The summed E-state index contributed by atoms with van der Waals surface area (Å²) in [5.74, 6) is 0.146. The van der Waals surface area contributed by atoms with Gasteiger partial charge in [-0.1, -0.05) is 30.7 Å². The number of amides is 2. The minimum Gasteiger partial charge on any atom is -0.497 e. The van der Waals surface area contributed by atoms with E-state index in [2.05, 4.69) is 5.32 Å². The van der Waals surface area contributed by atoms with E-state index in [4.69, 9.17) is 16.3 Å². The van der Waals surface area contributed by atoms with Crippen molar-refractivity contribution in [2.24, 2.45) is 0 Å². The molecule has 0 heterocycles. The standard InChI is InChI=1S/C26H36ClN3O5S/c1-6-19(2)28-26(32)20(3)29(18-21-9-11-22(27)12-10-21)25(31)8-7-17-30(36(5,33)34)23-13-15-24(35-4)16-14-23/h9-16,19-20H,6-8,17-18H2,1-5H3,(H,28,32)/t19-,20+/m1/s1. The van der Waals surface area contributed by atoms with Gasteiger partial charge in [-0.3, -0.25) is 13.9 Å². The van der Waals surface area contributed by atoms with Gasteiger partial charge in [0.15, 0.2) is 0 Å². The van der Waals surface area contributed by atoms with E-state index in [1.807, 2.05) is 26.0 Å². The monoisotopic (exact) mass is 537 g/mol. The molecule has 1 N–H and O–H groups in total. The van der Waals surface area contributed by atoms with Crippen LogP contribution in [0.2, 0.25) is 5.02 Å². The summed E-state index contributed by atoms with van der Waals surface area (Å²) in [6.07, 6.45) is 2.27. The average Bonchev–Trinajstić information content (AvgIpc) is 2.85. The van der Waals surface area contributed by atoms with Crippen LogP contribution in [0.5, 0.6) is 5.75 Å². The first-order chi connectivity index (χ1) is 17.0. The van der Waals surface area contributed by atoms with Crippen LogP contribution in [0.4, 0.5) is 5.69 Å². The highest BCUT2D eigenvalue weighted by Gasteiger charge is 2.27. The summed E-state index contributed by atoms with van der Waals surface area (Å²) in [5, 5.41) is 3.51. The maximum absolute atomic E-state index is 13.3. The summed E-state index contributed by atoms with van der Waals surface area (Å²) in [5.41, 5.74) is 1.33. The second-order valence-electron chi connectivity index (χ2n) is 8.78. The molecule has 0 bridgehead atoms. The molecule has 10 heteroatoms. The highest BCUT2D eigenvalue weighted by molar-refractivity contribution is 7.92. The molecule has 2 aromatic rings. The van der Waals surface area contributed by atoms with Gasteiger partial charge in [-0.05, 0) is 68.7 Å². The van der Waals surface area contributed by atoms with E-state index in [0.717, 1.165) is 18.2 Å². The Morgan fingerprint density at radius 3 is 2.19 bits per heavy atom. The van der Waals surface area contributed by atoms with E-state index in [0.29, 0.717) is 16.5 Å². The van der Waals surface area contributed by atoms with Gasteiger partial charge in [0.2, 0.25) is 21.8 Å². The Kier molecular flexibility index (Phi) is 11.0. The summed E-state index contributed by atoms with van der Waals surface area (Å²) < 4.78 is 31.3. The molecule has 0 saturated heterocycles. The minimum atomic E-state index is -3.56. The second-order valence-corrected chi connectivity index (χ2v) is 11.1. The van der Waals surface area contributed by atoms with Crippen molar-refractivity contribution in [2.45, 2.75) is 58.7 Å². The molecule has 0 saturated carbocycles. The molecule has 0 spiro atoms. The van der Waals surface area contributed by atoms with Crippen molar-refractivity contribution in [3.8, 4) is 5.75 Å². The topological polar surface area (TPSA) is 96.0 Å². The summed E-state index contributed by atoms with van der Waals surface area (Å²) >= 11 is 5.99. The number of methoxy groups -OCH3 is 1. The smallest absolute Gasteiger partial charge is 0.242 e. The fourth-order valence-corrected chi connectivity index (χ4v) is 4.68. The zero-order chi connectivity index (χ0) is 26.9. The molecule has 0 aliphatic heterocycles. The molecule has 0 aliphatic carbocycles. The van der Waals surface area contributed by atoms with Gasteiger partial charge in [-0.25, -0.2) is 8.42 Å². The van der Waals surface area contributed by atoms with Crippen LogP contribution in [0.1, 0.15) is 45.6 Å². The quantitative estimate of drug-likeness (QED) is 0.412. The third-order valence-corrected chi connectivity index (χ3v) is 7.39. The Hall–Kier alpha value is -2.78. The van der Waals surface area contributed by atoms with Crippen LogP contribution < -0.4 is 14.4 Å². The number of rotatable bonds is 13. The van der Waals surface area contributed by atoms with Gasteiger partial charge >= 0.3 is 0 Å². The number of anilines is 1. The van der Waals surface area contributed by atoms with Crippen molar-refractivity contribution in [3.63, 3.8) is 0 Å². The van der Waals surface area contributed by atoms with Crippen LogP contribution in [0.25, 0.3) is 0 Å². The van der Waals surface area contributed by atoms with Crippen LogP contribution in [0.3, 0.4) is 0 Å². The normalized spacial score (nSPS) is 12.9. The Balaban J connectivity index is 2.16. The number of nitrogens with one attached hydrogen (secondary N) is 1. The average molecular weight is 538 g/mol. The molecule has 0 aliphatic rings.